The highest BCUT2D eigenvalue weighted by atomic mass is 19.1. The minimum atomic E-state index is -0.478. The maximum atomic E-state index is 14.0. The molecule has 134 valence electrons. The number of nitrogens with one attached hydrogen (secondary N) is 1. The summed E-state index contributed by atoms with van der Waals surface area (Å²) in [5.41, 5.74) is 0.0395. The van der Waals surface area contributed by atoms with E-state index in [2.05, 4.69) is 11.9 Å². The normalized spacial score (nSPS) is 19.5. The van der Waals surface area contributed by atoms with E-state index in [9.17, 15) is 14.0 Å². The summed E-state index contributed by atoms with van der Waals surface area (Å²) in [7, 11) is 0. The average Bonchev–Trinajstić information content (AvgIpc) is 2.92. The van der Waals surface area contributed by atoms with Gasteiger partial charge in [0.2, 0.25) is 11.8 Å². The molecule has 2 heterocycles. The Balaban J connectivity index is 1.69. The van der Waals surface area contributed by atoms with Crippen molar-refractivity contribution in [3.8, 4) is 0 Å². The summed E-state index contributed by atoms with van der Waals surface area (Å²) < 4.78 is 14.0. The molecule has 0 atom stereocenters. The first kappa shape index (κ1) is 17.6. The molecule has 5 nitrogen and oxygen atoms in total. The van der Waals surface area contributed by atoms with E-state index in [1.54, 1.807) is 29.2 Å². The molecule has 2 fully saturated rings. The molecule has 0 aromatic heterocycles. The zero-order valence-electron chi connectivity index (χ0n) is 14.3. The van der Waals surface area contributed by atoms with E-state index in [0.717, 1.165) is 0 Å². The number of carbonyl (C=O) groups is 2. The summed E-state index contributed by atoms with van der Waals surface area (Å²) in [6.07, 6.45) is 4.22. The molecule has 0 bridgehead atoms. The molecule has 0 aliphatic carbocycles. The molecule has 0 saturated carbocycles. The zero-order chi connectivity index (χ0) is 17.9. The molecule has 6 heteroatoms. The molecule has 2 aliphatic rings. The van der Waals surface area contributed by atoms with Crippen molar-refractivity contribution >= 4 is 11.8 Å². The molecule has 2 aliphatic heterocycles. The van der Waals surface area contributed by atoms with Crippen LogP contribution in [-0.2, 0) is 16.1 Å². The Labute approximate surface area is 147 Å². The van der Waals surface area contributed by atoms with Crippen LogP contribution in [0.15, 0.2) is 36.9 Å². The number of hydrogen-bond acceptors (Lipinski definition) is 3. The molecule has 0 unspecified atom stereocenters. The standard InChI is InChI=1S/C19H24FN3O2/c1-2-3-8-17(24)22-11-9-19(10-12-22)21-13-18(25)23(19)14-15-6-4-5-7-16(15)20/h2,4-7,21H,1,3,8-14H2. The zero-order valence-corrected chi connectivity index (χ0v) is 14.3. The summed E-state index contributed by atoms with van der Waals surface area (Å²) in [6, 6.07) is 6.55. The number of halogens is 1. The first-order valence-corrected chi connectivity index (χ1v) is 8.73. The van der Waals surface area contributed by atoms with Crippen LogP contribution < -0.4 is 5.32 Å². The molecule has 25 heavy (non-hydrogen) atoms. The molecule has 1 aromatic carbocycles. The summed E-state index contributed by atoms with van der Waals surface area (Å²) in [5.74, 6) is -0.191. The van der Waals surface area contributed by atoms with Crippen LogP contribution in [0.5, 0.6) is 0 Å². The minimum absolute atomic E-state index is 0.0188. The summed E-state index contributed by atoms with van der Waals surface area (Å²) in [6.45, 7) is 5.36. The van der Waals surface area contributed by atoms with Crippen LogP contribution in [0, 0.1) is 5.82 Å². The third kappa shape index (κ3) is 3.58. The third-order valence-corrected chi connectivity index (χ3v) is 5.18. The third-order valence-electron chi connectivity index (χ3n) is 5.18. The second-order valence-electron chi connectivity index (χ2n) is 6.66. The maximum absolute atomic E-state index is 14.0. The lowest BCUT2D eigenvalue weighted by atomic mass is 9.95. The lowest BCUT2D eigenvalue weighted by Gasteiger charge is -2.44. The van der Waals surface area contributed by atoms with E-state index >= 15 is 0 Å². The quantitative estimate of drug-likeness (QED) is 0.831. The van der Waals surface area contributed by atoms with Crippen molar-refractivity contribution in [1.29, 1.82) is 0 Å². The largest absolute Gasteiger partial charge is 0.342 e. The molecule has 2 saturated heterocycles. The average molecular weight is 345 g/mol. The number of piperidine rings is 1. The van der Waals surface area contributed by atoms with Crippen LogP contribution in [0.3, 0.4) is 0 Å². The number of nitrogens with zero attached hydrogens (tertiary/aromatic N) is 2. The van der Waals surface area contributed by atoms with Gasteiger partial charge in [-0.3, -0.25) is 14.9 Å². The van der Waals surface area contributed by atoms with Crippen molar-refractivity contribution in [2.75, 3.05) is 19.6 Å². The van der Waals surface area contributed by atoms with E-state index in [1.165, 1.54) is 6.07 Å². The Morgan fingerprint density at radius 3 is 2.72 bits per heavy atom. The second-order valence-corrected chi connectivity index (χ2v) is 6.66. The lowest BCUT2D eigenvalue weighted by Crippen LogP contribution is -2.59. The highest BCUT2D eigenvalue weighted by molar-refractivity contribution is 5.82. The Kier molecular flexibility index (Phi) is 5.18. The van der Waals surface area contributed by atoms with Crippen LogP contribution in [-0.4, -0.2) is 46.9 Å². The summed E-state index contributed by atoms with van der Waals surface area (Å²) >= 11 is 0. The van der Waals surface area contributed by atoms with Gasteiger partial charge >= 0.3 is 0 Å². The van der Waals surface area contributed by atoms with E-state index in [1.807, 2.05) is 4.90 Å². The first-order valence-electron chi connectivity index (χ1n) is 8.73. The molecule has 1 aromatic rings. The fourth-order valence-corrected chi connectivity index (χ4v) is 3.66. The van der Waals surface area contributed by atoms with Gasteiger partial charge in [-0.1, -0.05) is 24.3 Å². The molecular formula is C19H24FN3O2. The van der Waals surface area contributed by atoms with Crippen molar-refractivity contribution < 1.29 is 14.0 Å². The number of allylic oxidation sites excluding steroid dienone is 1. The molecule has 2 amide bonds. The molecule has 1 N–H and O–H groups in total. The van der Waals surface area contributed by atoms with Crippen molar-refractivity contribution in [3.05, 3.63) is 48.3 Å². The van der Waals surface area contributed by atoms with Crippen LogP contribution in [0.25, 0.3) is 0 Å². The van der Waals surface area contributed by atoms with Crippen molar-refractivity contribution in [2.45, 2.75) is 37.9 Å². The fraction of sp³-hybridized carbons (Fsp3) is 0.474. The lowest BCUT2D eigenvalue weighted by molar-refractivity contribution is -0.137. The van der Waals surface area contributed by atoms with Gasteiger partial charge in [0.05, 0.1) is 18.8 Å². The number of likely N-dealkylation sites (tertiary alicyclic amines) is 1. The highest BCUT2D eigenvalue weighted by Gasteiger charge is 2.47. The van der Waals surface area contributed by atoms with Crippen LogP contribution in [0.4, 0.5) is 4.39 Å². The predicted octanol–water partition coefficient (Wildman–Crippen LogP) is 2.04. The van der Waals surface area contributed by atoms with Crippen molar-refractivity contribution in [1.82, 2.24) is 15.1 Å². The second kappa shape index (κ2) is 7.35. The van der Waals surface area contributed by atoms with Gasteiger partial charge in [-0.15, -0.1) is 6.58 Å². The van der Waals surface area contributed by atoms with Crippen LogP contribution in [0.2, 0.25) is 0 Å². The Bertz CT molecular complexity index is 668. The van der Waals surface area contributed by atoms with Gasteiger partial charge in [-0.25, -0.2) is 4.39 Å². The van der Waals surface area contributed by atoms with Gasteiger partial charge in [0, 0.05) is 37.9 Å². The number of amides is 2. The molecule has 1 spiro atoms. The monoisotopic (exact) mass is 345 g/mol. The van der Waals surface area contributed by atoms with E-state index < -0.39 is 5.66 Å². The smallest absolute Gasteiger partial charge is 0.238 e. The van der Waals surface area contributed by atoms with Crippen molar-refractivity contribution in [2.24, 2.45) is 0 Å². The van der Waals surface area contributed by atoms with Gasteiger partial charge in [-0.2, -0.15) is 0 Å². The molecular weight excluding hydrogens is 321 g/mol. The maximum Gasteiger partial charge on any atom is 0.238 e. The van der Waals surface area contributed by atoms with Gasteiger partial charge in [0.15, 0.2) is 0 Å². The molecule has 3 rings (SSSR count). The van der Waals surface area contributed by atoms with Gasteiger partial charge < -0.3 is 9.80 Å². The highest BCUT2D eigenvalue weighted by Crippen LogP contribution is 2.32. The first-order chi connectivity index (χ1) is 12.1. The molecule has 0 radical (unpaired) electrons. The van der Waals surface area contributed by atoms with Crippen LogP contribution >= 0.6 is 0 Å². The van der Waals surface area contributed by atoms with Gasteiger partial charge in [0.1, 0.15) is 5.82 Å². The Morgan fingerprint density at radius 1 is 1.32 bits per heavy atom. The van der Waals surface area contributed by atoms with E-state index in [0.29, 0.717) is 44.3 Å². The van der Waals surface area contributed by atoms with E-state index in [-0.39, 0.29) is 30.7 Å². The topological polar surface area (TPSA) is 52.7 Å². The van der Waals surface area contributed by atoms with Gasteiger partial charge in [-0.05, 0) is 12.5 Å². The fourth-order valence-electron chi connectivity index (χ4n) is 3.66. The summed E-state index contributed by atoms with van der Waals surface area (Å²) in [4.78, 5) is 28.1. The van der Waals surface area contributed by atoms with Crippen molar-refractivity contribution in [3.63, 3.8) is 0 Å². The van der Waals surface area contributed by atoms with E-state index in [4.69, 9.17) is 0 Å². The summed E-state index contributed by atoms with van der Waals surface area (Å²) in [5, 5.41) is 3.31. The number of rotatable bonds is 5. The number of carbonyl (C=O) groups excluding carboxylic acids is 2. The minimum Gasteiger partial charge on any atom is -0.342 e. The van der Waals surface area contributed by atoms with Gasteiger partial charge in [0.25, 0.3) is 0 Å². The number of hydrogen-bond donors (Lipinski definition) is 1. The van der Waals surface area contributed by atoms with Crippen LogP contribution in [0.1, 0.15) is 31.2 Å². The predicted molar refractivity (Wildman–Crippen MR) is 92.9 cm³/mol. The SMILES string of the molecule is C=CCCC(=O)N1CCC2(CC1)NCC(=O)N2Cc1ccccc1F. The Morgan fingerprint density at radius 2 is 2.04 bits per heavy atom. The Hall–Kier alpha value is -2.21. The number of benzene rings is 1.